The molecule has 0 spiro atoms. The summed E-state index contributed by atoms with van der Waals surface area (Å²) >= 11 is 0. The smallest absolute Gasteiger partial charge is 1.00 e. The van der Waals surface area contributed by atoms with Crippen LogP contribution in [0.4, 0.5) is 0 Å². The number of ether oxygens (including phenoxy) is 1. The Hall–Kier alpha value is 0.470. The van der Waals surface area contributed by atoms with Crippen LogP contribution < -0.4 is 29.6 Å². The normalized spacial score (nSPS) is 9.33. The molecule has 0 N–H and O–H groups in total. The molecule has 0 bridgehead atoms. The Labute approximate surface area is 98.8 Å². The van der Waals surface area contributed by atoms with Gasteiger partial charge < -0.3 is 6.16 Å². The van der Waals surface area contributed by atoms with Gasteiger partial charge in [-0.25, -0.2) is 0 Å². The maximum absolute atomic E-state index is 10.6. The Balaban J connectivity index is -0.000000500. The molecule has 0 aromatic heterocycles. The topological polar surface area (TPSA) is 26.3 Å². The molecule has 0 heterocycles. The van der Waals surface area contributed by atoms with E-state index in [0.29, 0.717) is 6.42 Å². The zero-order valence-electron chi connectivity index (χ0n) is 9.72. The Bertz CT molecular complexity index is 118. The largest absolute Gasteiger partial charge is 1.00 e. The second-order valence-corrected chi connectivity index (χ2v) is 3.22. The van der Waals surface area contributed by atoms with Gasteiger partial charge in [-0.05, 0) is 12.3 Å². The second-order valence-electron chi connectivity index (χ2n) is 3.22. The summed E-state index contributed by atoms with van der Waals surface area (Å²) in [4.78, 5) is 10.6. The van der Waals surface area contributed by atoms with Gasteiger partial charge in [-0.15, -0.1) is 0 Å². The first-order chi connectivity index (χ1) is 5.16. The Morgan fingerprint density at radius 2 is 2.00 bits per heavy atom. The van der Waals surface area contributed by atoms with E-state index >= 15 is 0 Å². The molecule has 0 aliphatic rings. The van der Waals surface area contributed by atoms with Gasteiger partial charge in [0.2, 0.25) is 0 Å². The molecule has 0 unspecified atom stereocenters. The van der Waals surface area contributed by atoms with E-state index in [1.807, 2.05) is 0 Å². The minimum absolute atomic E-state index is 0. The molecule has 2 nitrogen and oxygen atoms in total. The summed E-state index contributed by atoms with van der Waals surface area (Å²) < 4.78 is 4.52. The number of rotatable bonds is 5. The molecule has 0 saturated carbocycles. The van der Waals surface area contributed by atoms with Crippen molar-refractivity contribution in [2.45, 2.75) is 39.5 Å². The van der Waals surface area contributed by atoms with Gasteiger partial charge in [0.1, 0.15) is 0 Å². The molecule has 0 aromatic rings. The van der Waals surface area contributed by atoms with Crippen molar-refractivity contribution in [2.75, 3.05) is 7.11 Å². The predicted octanol–water partition coefficient (Wildman–Crippen LogP) is -0.508. The maximum Gasteiger partial charge on any atom is 1.00 e. The van der Waals surface area contributed by atoms with Crippen LogP contribution in [0.1, 0.15) is 41.0 Å². The van der Waals surface area contributed by atoms with Crippen LogP contribution in [0.15, 0.2) is 0 Å². The van der Waals surface area contributed by atoms with Crippen LogP contribution in [0.25, 0.3) is 0 Å². The van der Waals surface area contributed by atoms with E-state index in [-0.39, 0.29) is 37.0 Å². The third kappa shape index (κ3) is 10.5. The fraction of sp³-hybridized carbons (Fsp3) is 0.889. The van der Waals surface area contributed by atoms with Crippen LogP contribution in [0.5, 0.6) is 0 Å². The molecule has 0 aliphatic carbocycles. The minimum atomic E-state index is -0.0891. The van der Waals surface area contributed by atoms with E-state index in [9.17, 15) is 4.79 Å². The molecule has 0 rings (SSSR count). The first kappa shape index (κ1) is 15.0. The molecular formula is C9H19NaO2. The zero-order chi connectivity index (χ0) is 8.69. The summed E-state index contributed by atoms with van der Waals surface area (Å²) in [6, 6.07) is 0. The number of carbonyl (C=O) groups excluding carboxylic acids is 1. The van der Waals surface area contributed by atoms with Crippen LogP contribution in [0.3, 0.4) is 0 Å². The standard InChI is InChI=1S/C9H18O2.Na.H/c1-8(2)6-4-5-7-9(10)11-3;;/h8H,4-7H2,1-3H3;;/q;+1;-1. The molecule has 0 radical (unpaired) electrons. The van der Waals surface area contributed by atoms with Crippen LogP contribution in [0.2, 0.25) is 0 Å². The molecule has 0 amide bonds. The van der Waals surface area contributed by atoms with Crippen LogP contribution in [-0.2, 0) is 9.53 Å². The molecule has 68 valence electrons. The Morgan fingerprint density at radius 3 is 2.42 bits per heavy atom. The number of hydrogen-bond acceptors (Lipinski definition) is 2. The fourth-order valence-corrected chi connectivity index (χ4v) is 0.924. The fourth-order valence-electron chi connectivity index (χ4n) is 0.924. The van der Waals surface area contributed by atoms with Gasteiger partial charge in [-0.3, -0.25) is 4.79 Å². The third-order valence-corrected chi connectivity index (χ3v) is 1.64. The van der Waals surface area contributed by atoms with Crippen LogP contribution in [-0.4, -0.2) is 13.1 Å². The monoisotopic (exact) mass is 182 g/mol. The van der Waals surface area contributed by atoms with E-state index in [1.54, 1.807) is 0 Å². The first-order valence-corrected chi connectivity index (χ1v) is 4.23. The van der Waals surface area contributed by atoms with Gasteiger partial charge in [0.15, 0.2) is 0 Å². The first-order valence-electron chi connectivity index (χ1n) is 4.23. The number of methoxy groups -OCH3 is 1. The number of esters is 1. The van der Waals surface area contributed by atoms with Crippen LogP contribution >= 0.6 is 0 Å². The minimum Gasteiger partial charge on any atom is -1.00 e. The van der Waals surface area contributed by atoms with Crippen molar-refractivity contribution in [1.82, 2.24) is 0 Å². The van der Waals surface area contributed by atoms with Crippen molar-refractivity contribution in [3.8, 4) is 0 Å². The molecular weight excluding hydrogens is 163 g/mol. The van der Waals surface area contributed by atoms with Crippen LogP contribution in [0, 0.1) is 5.92 Å². The molecule has 0 fully saturated rings. The summed E-state index contributed by atoms with van der Waals surface area (Å²) in [5, 5.41) is 0. The molecule has 0 saturated heterocycles. The van der Waals surface area contributed by atoms with E-state index in [1.165, 1.54) is 13.5 Å². The van der Waals surface area contributed by atoms with Gasteiger partial charge in [-0.2, -0.15) is 0 Å². The number of unbranched alkanes of at least 4 members (excludes halogenated alkanes) is 1. The van der Waals surface area contributed by atoms with Gasteiger partial charge >= 0.3 is 35.5 Å². The van der Waals surface area contributed by atoms with Crippen molar-refractivity contribution < 1.29 is 40.5 Å². The molecule has 3 heteroatoms. The van der Waals surface area contributed by atoms with Crippen molar-refractivity contribution in [3.63, 3.8) is 0 Å². The molecule has 0 atom stereocenters. The van der Waals surface area contributed by atoms with E-state index in [4.69, 9.17) is 0 Å². The Kier molecular flexibility index (Phi) is 11.9. The molecule has 0 aliphatic heterocycles. The average molecular weight is 182 g/mol. The zero-order valence-corrected chi connectivity index (χ0v) is 10.7. The number of carbonyl (C=O) groups is 1. The van der Waals surface area contributed by atoms with E-state index in [0.717, 1.165) is 18.8 Å². The van der Waals surface area contributed by atoms with Crippen molar-refractivity contribution in [1.29, 1.82) is 0 Å². The summed E-state index contributed by atoms with van der Waals surface area (Å²) in [7, 11) is 1.44. The molecule has 0 aromatic carbocycles. The summed E-state index contributed by atoms with van der Waals surface area (Å²) in [5.41, 5.74) is 0. The van der Waals surface area contributed by atoms with Crippen molar-refractivity contribution >= 4 is 5.97 Å². The van der Waals surface area contributed by atoms with Gasteiger partial charge in [-0.1, -0.05) is 26.7 Å². The summed E-state index contributed by atoms with van der Waals surface area (Å²) in [6.07, 6.45) is 3.87. The third-order valence-electron chi connectivity index (χ3n) is 1.64. The summed E-state index contributed by atoms with van der Waals surface area (Å²) in [5.74, 6) is 0.654. The van der Waals surface area contributed by atoms with Gasteiger partial charge in [0.25, 0.3) is 0 Å². The second kappa shape index (κ2) is 9.56. The number of hydrogen-bond donors (Lipinski definition) is 0. The van der Waals surface area contributed by atoms with Gasteiger partial charge in [0, 0.05) is 6.42 Å². The predicted molar refractivity (Wildman–Crippen MR) is 46.4 cm³/mol. The quantitative estimate of drug-likeness (QED) is 0.325. The van der Waals surface area contributed by atoms with E-state index < -0.39 is 0 Å². The Morgan fingerprint density at radius 1 is 1.42 bits per heavy atom. The summed E-state index contributed by atoms with van der Waals surface area (Å²) in [6.45, 7) is 4.39. The molecule has 12 heavy (non-hydrogen) atoms. The average Bonchev–Trinajstić information content (AvgIpc) is 1.97. The maximum atomic E-state index is 10.6. The van der Waals surface area contributed by atoms with Gasteiger partial charge in [0.05, 0.1) is 7.11 Å². The SMILES string of the molecule is COC(=O)CCCCC(C)C.[H-].[Na+]. The van der Waals surface area contributed by atoms with Crippen molar-refractivity contribution in [2.24, 2.45) is 5.92 Å². The van der Waals surface area contributed by atoms with Crippen molar-refractivity contribution in [3.05, 3.63) is 0 Å². The van der Waals surface area contributed by atoms with E-state index in [2.05, 4.69) is 18.6 Å².